The number of urea groups is 1. The second-order valence-electron chi connectivity index (χ2n) is 6.55. The third-order valence-electron chi connectivity index (χ3n) is 4.58. The number of benzene rings is 2. The maximum absolute atomic E-state index is 13.3. The molecule has 0 aliphatic carbocycles. The summed E-state index contributed by atoms with van der Waals surface area (Å²) in [5.74, 6) is 1.08. The van der Waals surface area contributed by atoms with Crippen LogP contribution in [-0.2, 0) is 6.54 Å². The van der Waals surface area contributed by atoms with Gasteiger partial charge in [0.1, 0.15) is 22.9 Å². The van der Waals surface area contributed by atoms with Gasteiger partial charge in [-0.3, -0.25) is 0 Å². The molecule has 2 aromatic heterocycles. The molecule has 0 aliphatic heterocycles. The van der Waals surface area contributed by atoms with Gasteiger partial charge in [0, 0.05) is 30.5 Å². The molecule has 2 heterocycles. The minimum atomic E-state index is -0.319. The third-order valence-corrected chi connectivity index (χ3v) is 4.58. The Bertz CT molecular complexity index is 1160. The van der Waals surface area contributed by atoms with Crippen molar-refractivity contribution in [3.05, 3.63) is 72.7 Å². The average molecular weight is 405 g/mol. The van der Waals surface area contributed by atoms with E-state index in [0.29, 0.717) is 36.0 Å². The van der Waals surface area contributed by atoms with Crippen LogP contribution in [0.2, 0.25) is 0 Å². The number of nitrogens with one attached hydrogen (secondary N) is 2. The maximum atomic E-state index is 13.3. The summed E-state index contributed by atoms with van der Waals surface area (Å²) in [4.78, 5) is 21.3. The van der Waals surface area contributed by atoms with Crippen molar-refractivity contribution in [2.75, 3.05) is 19.0 Å². The van der Waals surface area contributed by atoms with Crippen LogP contribution in [0.3, 0.4) is 0 Å². The Morgan fingerprint density at radius 3 is 2.60 bits per heavy atom. The van der Waals surface area contributed by atoms with Crippen LogP contribution in [0, 0.1) is 5.82 Å². The summed E-state index contributed by atoms with van der Waals surface area (Å²) in [6.07, 6.45) is 1.69. The van der Waals surface area contributed by atoms with Crippen molar-refractivity contribution >= 4 is 22.9 Å². The molecule has 0 bridgehead atoms. The van der Waals surface area contributed by atoms with Gasteiger partial charge in [0.2, 0.25) is 0 Å². The van der Waals surface area contributed by atoms with E-state index >= 15 is 0 Å². The lowest BCUT2D eigenvalue weighted by molar-refractivity contribution is 0.251. The highest BCUT2D eigenvalue weighted by atomic mass is 19.1. The van der Waals surface area contributed by atoms with Gasteiger partial charge in [-0.15, -0.1) is 0 Å². The number of ether oxygens (including phenoxy) is 1. The molecule has 0 atom stereocenters. The normalized spacial score (nSPS) is 10.7. The number of rotatable bonds is 6. The molecular formula is C22H20FN5O2. The third kappa shape index (κ3) is 4.22. The number of nitrogens with zero attached hydrogens (tertiary/aromatic N) is 3. The Labute approximate surface area is 172 Å². The topological polar surface area (TPSA) is 81.1 Å². The quantitative estimate of drug-likeness (QED) is 0.507. The number of carbonyl (C=O) groups is 1. The van der Waals surface area contributed by atoms with Gasteiger partial charge < -0.3 is 19.9 Å². The highest BCUT2D eigenvalue weighted by molar-refractivity contribution is 5.89. The first-order valence-corrected chi connectivity index (χ1v) is 9.40. The molecule has 8 heteroatoms. The Hall–Kier alpha value is -3.94. The van der Waals surface area contributed by atoms with Gasteiger partial charge >= 0.3 is 6.03 Å². The molecule has 152 valence electrons. The van der Waals surface area contributed by atoms with Gasteiger partial charge in [-0.05, 0) is 60.7 Å². The number of hydrogen-bond acceptors (Lipinski definition) is 4. The standard InChI is InChI=1S/C22H20FN5O2/c1-30-18-10-8-17(9-11-18)26-22(29)25-13-14-28-20(15-4-6-16(23)7-5-15)27-19-3-2-12-24-21(19)28/h2-12H,13-14H2,1H3,(H2,25,26,29). The van der Waals surface area contributed by atoms with Crippen LogP contribution in [0.5, 0.6) is 5.75 Å². The number of imidazole rings is 1. The van der Waals surface area contributed by atoms with E-state index in [2.05, 4.69) is 20.6 Å². The summed E-state index contributed by atoms with van der Waals surface area (Å²) >= 11 is 0. The number of hydrogen-bond donors (Lipinski definition) is 2. The molecule has 0 spiro atoms. The number of fused-ring (bicyclic) bond motifs is 1. The minimum absolute atomic E-state index is 0.309. The predicted molar refractivity (Wildman–Crippen MR) is 113 cm³/mol. The van der Waals surface area contributed by atoms with E-state index in [9.17, 15) is 9.18 Å². The average Bonchev–Trinajstić information content (AvgIpc) is 3.13. The van der Waals surface area contributed by atoms with Gasteiger partial charge in [-0.2, -0.15) is 0 Å². The molecule has 30 heavy (non-hydrogen) atoms. The van der Waals surface area contributed by atoms with Crippen molar-refractivity contribution in [1.29, 1.82) is 0 Å². The lowest BCUT2D eigenvalue weighted by Gasteiger charge is -2.11. The van der Waals surface area contributed by atoms with E-state index in [1.807, 2.05) is 16.7 Å². The number of pyridine rings is 1. The zero-order valence-electron chi connectivity index (χ0n) is 16.3. The van der Waals surface area contributed by atoms with Crippen LogP contribution < -0.4 is 15.4 Å². The second kappa shape index (κ2) is 8.60. The van der Waals surface area contributed by atoms with Crippen LogP contribution in [0.1, 0.15) is 0 Å². The van der Waals surface area contributed by atoms with Crippen LogP contribution in [0.15, 0.2) is 66.9 Å². The van der Waals surface area contributed by atoms with Crippen molar-refractivity contribution in [3.8, 4) is 17.1 Å². The maximum Gasteiger partial charge on any atom is 0.319 e. The van der Waals surface area contributed by atoms with Crippen molar-refractivity contribution in [2.45, 2.75) is 6.54 Å². The Kier molecular flexibility index (Phi) is 5.56. The van der Waals surface area contributed by atoms with Crippen molar-refractivity contribution < 1.29 is 13.9 Å². The van der Waals surface area contributed by atoms with E-state index in [1.165, 1.54) is 12.1 Å². The molecule has 0 saturated carbocycles. The molecule has 7 nitrogen and oxygen atoms in total. The summed E-state index contributed by atoms with van der Waals surface area (Å²) in [6, 6.07) is 16.6. The smallest absolute Gasteiger partial charge is 0.319 e. The van der Waals surface area contributed by atoms with Gasteiger partial charge in [0.25, 0.3) is 0 Å². The van der Waals surface area contributed by atoms with E-state index < -0.39 is 0 Å². The fourth-order valence-corrected chi connectivity index (χ4v) is 3.12. The Morgan fingerprint density at radius 2 is 1.87 bits per heavy atom. The van der Waals surface area contributed by atoms with Crippen LogP contribution in [0.4, 0.5) is 14.9 Å². The van der Waals surface area contributed by atoms with E-state index in [0.717, 1.165) is 11.1 Å². The van der Waals surface area contributed by atoms with Crippen LogP contribution in [-0.4, -0.2) is 34.2 Å². The molecule has 0 fully saturated rings. The summed E-state index contributed by atoms with van der Waals surface area (Å²) in [5, 5.41) is 5.61. The first-order chi connectivity index (χ1) is 14.6. The Balaban J connectivity index is 1.47. The van der Waals surface area contributed by atoms with Crippen molar-refractivity contribution in [1.82, 2.24) is 19.9 Å². The van der Waals surface area contributed by atoms with Gasteiger partial charge in [0.15, 0.2) is 5.65 Å². The zero-order valence-corrected chi connectivity index (χ0v) is 16.3. The number of aromatic nitrogens is 3. The minimum Gasteiger partial charge on any atom is -0.497 e. The molecule has 4 rings (SSSR count). The molecule has 2 N–H and O–H groups in total. The molecule has 2 amide bonds. The number of methoxy groups -OCH3 is 1. The van der Waals surface area contributed by atoms with E-state index in [4.69, 9.17) is 4.74 Å². The number of amides is 2. The monoisotopic (exact) mass is 405 g/mol. The molecule has 4 aromatic rings. The highest BCUT2D eigenvalue weighted by Gasteiger charge is 2.14. The lowest BCUT2D eigenvalue weighted by Crippen LogP contribution is -2.31. The van der Waals surface area contributed by atoms with Crippen LogP contribution >= 0.6 is 0 Å². The first-order valence-electron chi connectivity index (χ1n) is 9.40. The van der Waals surface area contributed by atoms with E-state index in [1.54, 1.807) is 49.7 Å². The second-order valence-corrected chi connectivity index (χ2v) is 6.55. The number of halogens is 1. The molecule has 2 aromatic carbocycles. The number of anilines is 1. The highest BCUT2D eigenvalue weighted by Crippen LogP contribution is 2.23. The predicted octanol–water partition coefficient (Wildman–Crippen LogP) is 4.07. The molecule has 0 saturated heterocycles. The summed E-state index contributed by atoms with van der Waals surface area (Å²) in [5.41, 5.74) is 2.88. The molecule has 0 radical (unpaired) electrons. The van der Waals surface area contributed by atoms with E-state index in [-0.39, 0.29) is 11.8 Å². The lowest BCUT2D eigenvalue weighted by atomic mass is 10.2. The number of carbonyl (C=O) groups excluding carboxylic acids is 1. The van der Waals surface area contributed by atoms with Gasteiger partial charge in [-0.25, -0.2) is 19.2 Å². The molecule has 0 unspecified atom stereocenters. The SMILES string of the molecule is COc1ccc(NC(=O)NCCn2c(-c3ccc(F)cc3)nc3cccnc32)cc1. The first kappa shape index (κ1) is 19.4. The summed E-state index contributed by atoms with van der Waals surface area (Å²) in [6.45, 7) is 0.814. The Morgan fingerprint density at radius 1 is 1.10 bits per heavy atom. The zero-order chi connectivity index (χ0) is 20.9. The summed E-state index contributed by atoms with van der Waals surface area (Å²) in [7, 11) is 1.59. The van der Waals surface area contributed by atoms with Crippen LogP contribution in [0.25, 0.3) is 22.6 Å². The fraction of sp³-hybridized carbons (Fsp3) is 0.136. The molecular weight excluding hydrogens is 385 g/mol. The van der Waals surface area contributed by atoms with Crippen molar-refractivity contribution in [3.63, 3.8) is 0 Å². The van der Waals surface area contributed by atoms with Gasteiger partial charge in [-0.1, -0.05) is 0 Å². The molecule has 0 aliphatic rings. The summed E-state index contributed by atoms with van der Waals surface area (Å²) < 4.78 is 20.3. The van der Waals surface area contributed by atoms with Crippen molar-refractivity contribution in [2.24, 2.45) is 0 Å². The fourth-order valence-electron chi connectivity index (χ4n) is 3.12. The van der Waals surface area contributed by atoms with Gasteiger partial charge in [0.05, 0.1) is 7.11 Å². The largest absolute Gasteiger partial charge is 0.497 e.